The Bertz CT molecular complexity index is 1240. The lowest BCUT2D eigenvalue weighted by Gasteiger charge is -2.50. The van der Waals surface area contributed by atoms with Crippen LogP contribution in [-0.4, -0.2) is 59.1 Å². The Hall–Kier alpha value is -2.94. The monoisotopic (exact) mass is 559 g/mol. The second-order valence-corrected chi connectivity index (χ2v) is 11.1. The molecule has 0 radical (unpaired) electrons. The van der Waals surface area contributed by atoms with Crippen molar-refractivity contribution in [3.63, 3.8) is 0 Å². The molecule has 0 amide bonds. The van der Waals surface area contributed by atoms with Gasteiger partial charge >= 0.3 is 6.18 Å². The highest BCUT2D eigenvalue weighted by molar-refractivity contribution is 7.80. The summed E-state index contributed by atoms with van der Waals surface area (Å²) in [4.78, 5) is 9.75. The van der Waals surface area contributed by atoms with E-state index in [0.29, 0.717) is 17.8 Å². The molecule has 2 aromatic rings. The SMILES string of the molecule is CC(C)N1CCC(Oc2ccc(N3C(=S)N(c4cnc(C#N)c(C(F)(F)F)c4)COCC34CCC4)cc2)CC1. The number of nitrogens with zero attached hydrogens (tertiary/aromatic N) is 5. The molecule has 0 N–H and O–H groups in total. The van der Waals surface area contributed by atoms with Crippen molar-refractivity contribution in [1.82, 2.24) is 9.88 Å². The van der Waals surface area contributed by atoms with E-state index in [1.54, 1.807) is 0 Å². The highest BCUT2D eigenvalue weighted by Gasteiger charge is 2.48. The van der Waals surface area contributed by atoms with Gasteiger partial charge in [0.1, 0.15) is 24.7 Å². The third kappa shape index (κ3) is 5.55. The third-order valence-corrected chi connectivity index (χ3v) is 8.38. The summed E-state index contributed by atoms with van der Waals surface area (Å²) in [5.74, 6) is 0.782. The van der Waals surface area contributed by atoms with E-state index in [1.807, 2.05) is 29.2 Å². The van der Waals surface area contributed by atoms with Crippen LogP contribution in [0.15, 0.2) is 36.5 Å². The standard InChI is InChI=1S/C28H32F3N5O2S/c1-19(2)34-12-8-23(9-13-34)38-22-6-4-20(5-7-22)36-26(39)35(18-37-17-27(36)10-3-11-27)21-14-24(28(29,30)31)25(15-32)33-16-21/h4-7,14,16,19,23H,3,8-13,17-18H2,1-2H3. The predicted octanol–water partition coefficient (Wildman–Crippen LogP) is 5.73. The average Bonchev–Trinajstić information content (AvgIpc) is 3.05. The zero-order chi connectivity index (χ0) is 27.8. The fourth-order valence-corrected chi connectivity index (χ4v) is 6.03. The molecule has 5 rings (SSSR count). The number of thiocarbonyl (C=S) groups is 1. The molecule has 0 atom stereocenters. The van der Waals surface area contributed by atoms with Crippen molar-refractivity contribution >= 4 is 28.7 Å². The van der Waals surface area contributed by atoms with Crippen LogP contribution < -0.4 is 14.5 Å². The number of nitriles is 1. The highest BCUT2D eigenvalue weighted by atomic mass is 32.1. The van der Waals surface area contributed by atoms with Crippen LogP contribution in [0.4, 0.5) is 24.5 Å². The van der Waals surface area contributed by atoms with Crippen molar-refractivity contribution in [1.29, 1.82) is 5.26 Å². The van der Waals surface area contributed by atoms with Crippen molar-refractivity contribution < 1.29 is 22.6 Å². The molecular formula is C28H32F3N5O2S. The lowest BCUT2D eigenvalue weighted by atomic mass is 9.75. The number of rotatable bonds is 5. The Morgan fingerprint density at radius 3 is 2.41 bits per heavy atom. The first kappa shape index (κ1) is 27.6. The van der Waals surface area contributed by atoms with Gasteiger partial charge in [0, 0.05) is 24.8 Å². The minimum atomic E-state index is -4.72. The van der Waals surface area contributed by atoms with E-state index in [2.05, 4.69) is 23.7 Å². The van der Waals surface area contributed by atoms with E-state index in [0.717, 1.165) is 62.7 Å². The van der Waals surface area contributed by atoms with Gasteiger partial charge in [-0.2, -0.15) is 18.4 Å². The molecule has 3 heterocycles. The van der Waals surface area contributed by atoms with Gasteiger partial charge < -0.3 is 19.3 Å². The Balaban J connectivity index is 1.39. The molecule has 11 heteroatoms. The number of hydrogen-bond acceptors (Lipinski definition) is 6. The molecule has 1 spiro atoms. The van der Waals surface area contributed by atoms with Crippen molar-refractivity contribution in [3.8, 4) is 11.8 Å². The molecule has 208 valence electrons. The van der Waals surface area contributed by atoms with Gasteiger partial charge in [-0.15, -0.1) is 0 Å². The zero-order valence-electron chi connectivity index (χ0n) is 22.1. The van der Waals surface area contributed by atoms with Crippen LogP contribution in [0, 0.1) is 11.3 Å². The van der Waals surface area contributed by atoms with Gasteiger partial charge in [0.25, 0.3) is 0 Å². The minimum Gasteiger partial charge on any atom is -0.490 e. The highest BCUT2D eigenvalue weighted by Crippen LogP contribution is 2.44. The summed E-state index contributed by atoms with van der Waals surface area (Å²) >= 11 is 5.90. The van der Waals surface area contributed by atoms with Crippen LogP contribution in [0.2, 0.25) is 0 Å². The number of ether oxygens (including phenoxy) is 2. The van der Waals surface area contributed by atoms with Crippen LogP contribution in [0.1, 0.15) is 57.2 Å². The van der Waals surface area contributed by atoms with Crippen LogP contribution in [0.5, 0.6) is 5.75 Å². The summed E-state index contributed by atoms with van der Waals surface area (Å²) in [6, 6.07) is 10.7. The molecule has 1 aromatic carbocycles. The van der Waals surface area contributed by atoms with Gasteiger partial charge in [-0.1, -0.05) is 0 Å². The number of piperidine rings is 1. The van der Waals surface area contributed by atoms with E-state index in [4.69, 9.17) is 27.0 Å². The number of aromatic nitrogens is 1. The number of pyridine rings is 1. The zero-order valence-corrected chi connectivity index (χ0v) is 22.9. The fourth-order valence-electron chi connectivity index (χ4n) is 5.58. The summed E-state index contributed by atoms with van der Waals surface area (Å²) in [6.07, 6.45) is 1.35. The number of likely N-dealkylation sites (tertiary alicyclic amines) is 1. The Morgan fingerprint density at radius 1 is 1.15 bits per heavy atom. The van der Waals surface area contributed by atoms with E-state index in [9.17, 15) is 13.2 Å². The maximum absolute atomic E-state index is 13.7. The summed E-state index contributed by atoms with van der Waals surface area (Å²) in [5.41, 5.74) is -1.19. The van der Waals surface area contributed by atoms with E-state index in [-0.39, 0.29) is 24.1 Å². The average molecular weight is 560 g/mol. The summed E-state index contributed by atoms with van der Waals surface area (Å²) in [7, 11) is 0. The van der Waals surface area contributed by atoms with E-state index in [1.165, 1.54) is 17.2 Å². The molecule has 2 saturated heterocycles. The molecule has 1 saturated carbocycles. The smallest absolute Gasteiger partial charge is 0.419 e. The topological polar surface area (TPSA) is 64.9 Å². The fraction of sp³-hybridized carbons (Fsp3) is 0.536. The maximum Gasteiger partial charge on any atom is 0.419 e. The Morgan fingerprint density at radius 2 is 1.85 bits per heavy atom. The molecule has 1 aliphatic carbocycles. The summed E-state index contributed by atoms with van der Waals surface area (Å²) in [6.45, 7) is 6.83. The number of benzene rings is 1. The molecular weight excluding hydrogens is 527 g/mol. The normalized spacial score (nSPS) is 20.6. The number of alkyl halides is 3. The van der Waals surface area contributed by atoms with Crippen molar-refractivity contribution in [2.75, 3.05) is 36.2 Å². The molecule has 0 unspecified atom stereocenters. The molecule has 1 aromatic heterocycles. The predicted molar refractivity (Wildman–Crippen MR) is 146 cm³/mol. The lowest BCUT2D eigenvalue weighted by molar-refractivity contribution is -0.138. The van der Waals surface area contributed by atoms with Crippen LogP contribution in [0.3, 0.4) is 0 Å². The third-order valence-electron chi connectivity index (χ3n) is 7.97. The summed E-state index contributed by atoms with van der Waals surface area (Å²) in [5, 5.41) is 9.48. The number of halogens is 3. The van der Waals surface area contributed by atoms with Crippen molar-refractivity contribution in [2.24, 2.45) is 0 Å². The summed E-state index contributed by atoms with van der Waals surface area (Å²) < 4.78 is 53.2. The van der Waals surface area contributed by atoms with Crippen LogP contribution in [-0.2, 0) is 10.9 Å². The van der Waals surface area contributed by atoms with E-state index < -0.39 is 17.4 Å². The van der Waals surface area contributed by atoms with Gasteiger partial charge in [0.05, 0.1) is 29.6 Å². The van der Waals surface area contributed by atoms with Crippen molar-refractivity contribution in [2.45, 2.75) is 69.8 Å². The van der Waals surface area contributed by atoms with E-state index >= 15 is 0 Å². The first-order valence-corrected chi connectivity index (χ1v) is 13.7. The molecule has 7 nitrogen and oxygen atoms in total. The van der Waals surface area contributed by atoms with Gasteiger partial charge in [-0.3, -0.25) is 4.90 Å². The molecule has 0 bridgehead atoms. The van der Waals surface area contributed by atoms with Crippen LogP contribution in [0.25, 0.3) is 0 Å². The Labute approximate surface area is 232 Å². The molecule has 2 aliphatic heterocycles. The van der Waals surface area contributed by atoms with Gasteiger partial charge in [0.2, 0.25) is 0 Å². The first-order valence-electron chi connectivity index (χ1n) is 13.3. The molecule has 39 heavy (non-hydrogen) atoms. The second kappa shape index (κ2) is 10.9. The van der Waals surface area contributed by atoms with Gasteiger partial charge in [0.15, 0.2) is 10.8 Å². The Kier molecular flexibility index (Phi) is 7.73. The molecule has 3 aliphatic rings. The van der Waals surface area contributed by atoms with Gasteiger partial charge in [-0.25, -0.2) is 4.98 Å². The lowest BCUT2D eigenvalue weighted by Crippen LogP contribution is -2.60. The quantitative estimate of drug-likeness (QED) is 0.431. The second-order valence-electron chi connectivity index (χ2n) is 10.7. The van der Waals surface area contributed by atoms with Crippen LogP contribution >= 0.6 is 12.2 Å². The van der Waals surface area contributed by atoms with Crippen molar-refractivity contribution in [3.05, 3.63) is 47.8 Å². The maximum atomic E-state index is 13.7. The molecule has 3 fully saturated rings. The number of anilines is 2. The van der Waals surface area contributed by atoms with Gasteiger partial charge in [-0.05, 0) is 88.5 Å². The largest absolute Gasteiger partial charge is 0.490 e. The first-order chi connectivity index (χ1) is 18.6. The number of hydrogen-bond donors (Lipinski definition) is 0. The minimum absolute atomic E-state index is 0.0156.